The Bertz CT molecular complexity index is 957. The highest BCUT2D eigenvalue weighted by atomic mass is 19.1. The van der Waals surface area contributed by atoms with Crippen LogP contribution in [0.2, 0.25) is 0 Å². The van der Waals surface area contributed by atoms with Crippen LogP contribution in [0.5, 0.6) is 0 Å². The topological polar surface area (TPSA) is 53.9 Å². The van der Waals surface area contributed by atoms with Crippen molar-refractivity contribution >= 4 is 11.7 Å². The lowest BCUT2D eigenvalue weighted by Gasteiger charge is -2.29. The van der Waals surface area contributed by atoms with Crippen LogP contribution in [0.3, 0.4) is 0 Å². The number of urea groups is 1. The highest BCUT2D eigenvalue weighted by Gasteiger charge is 2.29. The van der Waals surface area contributed by atoms with Gasteiger partial charge in [-0.05, 0) is 32.9 Å². The molecular formula is C22H24F3N3O2. The van der Waals surface area contributed by atoms with Gasteiger partial charge < -0.3 is 15.1 Å². The summed E-state index contributed by atoms with van der Waals surface area (Å²) in [5.74, 6) is -1.83. The lowest BCUT2D eigenvalue weighted by atomic mass is 10.0. The quantitative estimate of drug-likeness (QED) is 0.770. The minimum Gasteiger partial charge on any atom is -0.390 e. The third-order valence-electron chi connectivity index (χ3n) is 4.49. The molecule has 30 heavy (non-hydrogen) atoms. The van der Waals surface area contributed by atoms with E-state index in [1.807, 2.05) is 20.8 Å². The van der Waals surface area contributed by atoms with E-state index in [0.29, 0.717) is 17.7 Å². The molecule has 0 saturated carbocycles. The first-order valence-corrected chi connectivity index (χ1v) is 9.61. The largest absolute Gasteiger partial charge is 0.390 e. The average molecular weight is 419 g/mol. The van der Waals surface area contributed by atoms with E-state index < -0.39 is 35.1 Å². The maximum absolute atomic E-state index is 14.2. The molecule has 0 saturated heterocycles. The second-order valence-corrected chi connectivity index (χ2v) is 8.25. The number of oxime groups is 1. The first-order chi connectivity index (χ1) is 14.1. The Kier molecular flexibility index (Phi) is 6.34. The number of nitrogens with zero attached hydrogens (tertiary/aromatic N) is 2. The molecule has 0 spiro atoms. The highest BCUT2D eigenvalue weighted by molar-refractivity contribution is 6.01. The van der Waals surface area contributed by atoms with E-state index in [0.717, 1.165) is 12.1 Å². The van der Waals surface area contributed by atoms with Gasteiger partial charge in [0.2, 0.25) is 0 Å². The van der Waals surface area contributed by atoms with Crippen molar-refractivity contribution in [2.24, 2.45) is 5.16 Å². The van der Waals surface area contributed by atoms with Gasteiger partial charge in [0.05, 0.1) is 18.8 Å². The molecule has 0 fully saturated rings. The molecule has 8 heteroatoms. The number of benzene rings is 2. The Balaban J connectivity index is 1.74. The predicted octanol–water partition coefficient (Wildman–Crippen LogP) is 4.61. The second-order valence-electron chi connectivity index (χ2n) is 8.25. The number of carbonyl (C=O) groups excluding carboxylic acids is 1. The van der Waals surface area contributed by atoms with Crippen molar-refractivity contribution in [3.05, 3.63) is 71.0 Å². The number of carbonyl (C=O) groups is 1. The molecule has 0 aliphatic carbocycles. The smallest absolute Gasteiger partial charge is 0.318 e. The molecule has 1 unspecified atom stereocenters. The third kappa shape index (κ3) is 5.52. The first kappa shape index (κ1) is 21.7. The third-order valence-corrected chi connectivity index (χ3v) is 4.49. The summed E-state index contributed by atoms with van der Waals surface area (Å²) in [5, 5.41) is 6.80. The fraction of sp³-hybridized carbons (Fsp3) is 0.364. The van der Waals surface area contributed by atoms with Crippen molar-refractivity contribution in [2.75, 3.05) is 6.54 Å². The molecule has 1 heterocycles. The van der Waals surface area contributed by atoms with Crippen molar-refractivity contribution in [1.82, 2.24) is 10.2 Å². The van der Waals surface area contributed by atoms with Gasteiger partial charge in [-0.3, -0.25) is 0 Å². The Morgan fingerprint density at radius 3 is 2.57 bits per heavy atom. The summed E-state index contributed by atoms with van der Waals surface area (Å²) >= 11 is 0. The van der Waals surface area contributed by atoms with Gasteiger partial charge in [0.15, 0.2) is 6.10 Å². The summed E-state index contributed by atoms with van der Waals surface area (Å²) in [4.78, 5) is 19.6. The Morgan fingerprint density at radius 1 is 1.17 bits per heavy atom. The summed E-state index contributed by atoms with van der Waals surface area (Å²) in [6.45, 7) is 5.50. The number of nitrogens with one attached hydrogen (secondary N) is 1. The van der Waals surface area contributed by atoms with Gasteiger partial charge in [0.25, 0.3) is 0 Å². The second kappa shape index (κ2) is 8.77. The summed E-state index contributed by atoms with van der Waals surface area (Å²) in [6.07, 6.45) is -0.222. The number of hydrogen-bond acceptors (Lipinski definition) is 3. The number of halogens is 3. The number of rotatable bonds is 5. The van der Waals surface area contributed by atoms with E-state index >= 15 is 0 Å². The van der Waals surface area contributed by atoms with Gasteiger partial charge in [-0.2, -0.15) is 0 Å². The van der Waals surface area contributed by atoms with Crippen LogP contribution in [0.4, 0.5) is 18.0 Å². The Hall–Kier alpha value is -3.03. The summed E-state index contributed by atoms with van der Waals surface area (Å²) in [7, 11) is 0. The van der Waals surface area contributed by atoms with Crippen LogP contribution in [0.25, 0.3) is 0 Å². The maximum Gasteiger partial charge on any atom is 0.318 e. The van der Waals surface area contributed by atoms with Gasteiger partial charge in [0.1, 0.15) is 17.5 Å². The van der Waals surface area contributed by atoms with E-state index in [2.05, 4.69) is 10.5 Å². The molecule has 0 radical (unpaired) electrons. The molecular weight excluding hydrogens is 395 g/mol. The summed E-state index contributed by atoms with van der Waals surface area (Å²) in [6, 6.07) is 9.04. The van der Waals surface area contributed by atoms with Crippen LogP contribution in [0, 0.1) is 17.5 Å². The van der Waals surface area contributed by atoms with Crippen LogP contribution >= 0.6 is 0 Å². The number of amides is 2. The molecule has 0 aromatic heterocycles. The summed E-state index contributed by atoms with van der Waals surface area (Å²) < 4.78 is 41.4. The molecule has 160 valence electrons. The van der Waals surface area contributed by atoms with Gasteiger partial charge in [0, 0.05) is 29.2 Å². The van der Waals surface area contributed by atoms with Crippen LogP contribution in [-0.2, 0) is 11.4 Å². The molecule has 0 bridgehead atoms. The molecule has 5 nitrogen and oxygen atoms in total. The first-order valence-electron chi connectivity index (χ1n) is 9.61. The molecule has 2 aromatic rings. The lowest BCUT2D eigenvalue weighted by molar-refractivity contribution is 0.0578. The van der Waals surface area contributed by atoms with Gasteiger partial charge in [-0.15, -0.1) is 0 Å². The molecule has 2 aromatic carbocycles. The molecule has 1 aliphatic rings. The zero-order valence-corrected chi connectivity index (χ0v) is 17.1. The van der Waals surface area contributed by atoms with E-state index in [9.17, 15) is 18.0 Å². The van der Waals surface area contributed by atoms with E-state index in [1.54, 1.807) is 18.2 Å². The average Bonchev–Trinajstić information content (AvgIpc) is 3.10. The van der Waals surface area contributed by atoms with Crippen molar-refractivity contribution < 1.29 is 22.8 Å². The zero-order valence-electron chi connectivity index (χ0n) is 17.1. The minimum absolute atomic E-state index is 0.0804. The van der Waals surface area contributed by atoms with E-state index in [4.69, 9.17) is 4.84 Å². The van der Waals surface area contributed by atoms with Crippen molar-refractivity contribution in [1.29, 1.82) is 0 Å². The predicted molar refractivity (Wildman–Crippen MR) is 107 cm³/mol. The number of hydrogen-bond donors (Lipinski definition) is 1. The maximum atomic E-state index is 14.2. The van der Waals surface area contributed by atoms with Crippen LogP contribution < -0.4 is 5.32 Å². The molecule has 1 N–H and O–H groups in total. The fourth-order valence-electron chi connectivity index (χ4n) is 3.10. The van der Waals surface area contributed by atoms with Gasteiger partial charge in [-0.25, -0.2) is 18.0 Å². The van der Waals surface area contributed by atoms with Gasteiger partial charge >= 0.3 is 6.03 Å². The Labute approximate surface area is 173 Å². The van der Waals surface area contributed by atoms with Crippen molar-refractivity contribution in [3.63, 3.8) is 0 Å². The van der Waals surface area contributed by atoms with Crippen LogP contribution in [0.1, 0.15) is 38.3 Å². The van der Waals surface area contributed by atoms with Crippen LogP contribution in [-0.4, -0.2) is 34.8 Å². The van der Waals surface area contributed by atoms with E-state index in [-0.39, 0.29) is 18.7 Å². The van der Waals surface area contributed by atoms with Crippen molar-refractivity contribution in [3.8, 4) is 0 Å². The minimum atomic E-state index is -0.737. The molecule has 2 amide bonds. The normalized spacial score (nSPS) is 16.1. The SMILES string of the molecule is CC(C)(C)NC(=O)N(Cc1ccc(F)cc1F)CC1CC(c2ccccc2F)=NO1. The van der Waals surface area contributed by atoms with Gasteiger partial charge in [-0.1, -0.05) is 29.4 Å². The van der Waals surface area contributed by atoms with E-state index in [1.165, 1.54) is 17.0 Å². The fourth-order valence-corrected chi connectivity index (χ4v) is 3.10. The highest BCUT2D eigenvalue weighted by Crippen LogP contribution is 2.21. The lowest BCUT2D eigenvalue weighted by Crippen LogP contribution is -2.50. The zero-order chi connectivity index (χ0) is 21.9. The monoisotopic (exact) mass is 419 g/mol. The molecule has 3 rings (SSSR count). The summed E-state index contributed by atoms with van der Waals surface area (Å²) in [5.41, 5.74) is 0.452. The molecule has 1 aliphatic heterocycles. The standard InChI is InChI=1S/C22H24F3N3O2/c1-22(2,3)26-21(29)28(12-14-8-9-15(23)10-19(14)25)13-16-11-20(27-30-16)17-6-4-5-7-18(17)24/h4-10,16H,11-13H2,1-3H3,(H,26,29). The Morgan fingerprint density at radius 2 is 1.90 bits per heavy atom. The molecule has 1 atom stereocenters. The van der Waals surface area contributed by atoms with Crippen molar-refractivity contribution in [2.45, 2.75) is 45.4 Å². The van der Waals surface area contributed by atoms with Crippen LogP contribution in [0.15, 0.2) is 47.6 Å².